The van der Waals surface area contributed by atoms with Gasteiger partial charge in [0.05, 0.1) is 7.11 Å². The van der Waals surface area contributed by atoms with E-state index in [4.69, 9.17) is 4.74 Å². The van der Waals surface area contributed by atoms with Crippen LogP contribution in [0, 0.1) is 11.8 Å². The Morgan fingerprint density at radius 1 is 1.27 bits per heavy atom. The van der Waals surface area contributed by atoms with Crippen molar-refractivity contribution in [3.05, 3.63) is 23.8 Å². The third-order valence-electron chi connectivity index (χ3n) is 4.30. The van der Waals surface area contributed by atoms with Crippen LogP contribution in [-0.2, 0) is 0 Å². The summed E-state index contributed by atoms with van der Waals surface area (Å²) in [5, 5.41) is 3.31. The number of likely N-dealkylation sites (tertiary alicyclic amines) is 1. The molecule has 2 fully saturated rings. The number of alkyl halides is 2. The second kappa shape index (κ2) is 6.08. The predicted molar refractivity (Wildman–Crippen MR) is 75.4 cm³/mol. The highest BCUT2D eigenvalue weighted by Crippen LogP contribution is 2.32. The molecule has 0 bridgehead atoms. The molecule has 2 saturated heterocycles. The molecule has 0 aliphatic carbocycles. The molecule has 0 radical (unpaired) electrons. The number of nitrogens with one attached hydrogen (secondary N) is 1. The molecule has 120 valence electrons. The fourth-order valence-corrected chi connectivity index (χ4v) is 3.20. The van der Waals surface area contributed by atoms with E-state index < -0.39 is 6.61 Å². The summed E-state index contributed by atoms with van der Waals surface area (Å²) in [6, 6.07) is 4.37. The van der Waals surface area contributed by atoms with Crippen LogP contribution in [0.15, 0.2) is 18.2 Å². The fraction of sp³-hybridized carbons (Fsp3) is 0.533. The largest absolute Gasteiger partial charge is 0.493 e. The lowest BCUT2D eigenvalue weighted by molar-refractivity contribution is -0.0512. The smallest absolute Gasteiger partial charge is 0.387 e. The zero-order valence-corrected chi connectivity index (χ0v) is 12.2. The molecule has 2 aliphatic heterocycles. The number of hydrogen-bond acceptors (Lipinski definition) is 4. The number of halogens is 2. The highest BCUT2D eigenvalue weighted by molar-refractivity contribution is 5.95. The van der Waals surface area contributed by atoms with Crippen molar-refractivity contribution in [1.82, 2.24) is 10.2 Å². The third-order valence-corrected chi connectivity index (χ3v) is 4.30. The van der Waals surface area contributed by atoms with Crippen molar-refractivity contribution in [1.29, 1.82) is 0 Å². The minimum absolute atomic E-state index is 0.121. The van der Waals surface area contributed by atoms with Gasteiger partial charge in [0.1, 0.15) is 0 Å². The summed E-state index contributed by atoms with van der Waals surface area (Å²) in [6.07, 6.45) is 0. The monoisotopic (exact) mass is 312 g/mol. The lowest BCUT2D eigenvalue weighted by Gasteiger charge is -2.18. The van der Waals surface area contributed by atoms with Gasteiger partial charge in [-0.1, -0.05) is 0 Å². The number of nitrogens with zero attached hydrogens (tertiary/aromatic N) is 1. The van der Waals surface area contributed by atoms with Gasteiger partial charge in [-0.05, 0) is 30.0 Å². The molecule has 7 heteroatoms. The Morgan fingerprint density at radius 2 is 1.95 bits per heavy atom. The van der Waals surface area contributed by atoms with Crippen LogP contribution in [0.5, 0.6) is 11.5 Å². The number of fused-ring (bicyclic) bond motifs is 1. The summed E-state index contributed by atoms with van der Waals surface area (Å²) in [6.45, 7) is 0.297. The molecule has 1 aromatic carbocycles. The molecule has 5 nitrogen and oxygen atoms in total. The predicted octanol–water partition coefficient (Wildman–Crippen LogP) is 1.59. The number of rotatable bonds is 4. The van der Waals surface area contributed by atoms with Gasteiger partial charge < -0.3 is 19.7 Å². The van der Waals surface area contributed by atoms with Crippen molar-refractivity contribution in [2.75, 3.05) is 33.3 Å². The van der Waals surface area contributed by atoms with Crippen LogP contribution in [0.3, 0.4) is 0 Å². The van der Waals surface area contributed by atoms with Gasteiger partial charge in [-0.15, -0.1) is 0 Å². The van der Waals surface area contributed by atoms with Crippen LogP contribution in [0.2, 0.25) is 0 Å². The first-order valence-corrected chi connectivity index (χ1v) is 7.21. The third kappa shape index (κ3) is 2.85. The number of carbonyl (C=O) groups excluding carboxylic acids is 1. The van der Waals surface area contributed by atoms with Gasteiger partial charge >= 0.3 is 6.61 Å². The summed E-state index contributed by atoms with van der Waals surface area (Å²) < 4.78 is 34.3. The van der Waals surface area contributed by atoms with Crippen molar-refractivity contribution in [2.24, 2.45) is 11.8 Å². The van der Waals surface area contributed by atoms with E-state index in [1.165, 1.54) is 19.2 Å². The van der Waals surface area contributed by atoms with Crippen molar-refractivity contribution in [2.45, 2.75) is 6.61 Å². The Balaban J connectivity index is 1.77. The Labute approximate surface area is 127 Å². The van der Waals surface area contributed by atoms with E-state index in [1.54, 1.807) is 11.0 Å². The van der Waals surface area contributed by atoms with Crippen LogP contribution in [0.4, 0.5) is 8.78 Å². The number of hydrogen-bond donors (Lipinski definition) is 1. The Hall–Kier alpha value is -1.89. The van der Waals surface area contributed by atoms with Gasteiger partial charge in [0.2, 0.25) is 0 Å². The van der Waals surface area contributed by atoms with Gasteiger partial charge in [-0.2, -0.15) is 8.78 Å². The average Bonchev–Trinajstić information content (AvgIpc) is 3.07. The first-order valence-electron chi connectivity index (χ1n) is 7.21. The van der Waals surface area contributed by atoms with Gasteiger partial charge in [0.25, 0.3) is 5.91 Å². The lowest BCUT2D eigenvalue weighted by Crippen LogP contribution is -2.31. The maximum absolute atomic E-state index is 12.5. The minimum atomic E-state index is -2.96. The number of amides is 1. The van der Waals surface area contributed by atoms with Crippen LogP contribution >= 0.6 is 0 Å². The first kappa shape index (κ1) is 15.0. The first-order chi connectivity index (χ1) is 10.6. The van der Waals surface area contributed by atoms with E-state index in [9.17, 15) is 13.6 Å². The second-order valence-corrected chi connectivity index (χ2v) is 5.63. The summed E-state index contributed by atoms with van der Waals surface area (Å²) >= 11 is 0. The average molecular weight is 312 g/mol. The fourth-order valence-electron chi connectivity index (χ4n) is 3.20. The maximum Gasteiger partial charge on any atom is 0.387 e. The van der Waals surface area contributed by atoms with Crippen molar-refractivity contribution < 1.29 is 23.0 Å². The standard InChI is InChI=1S/C15H18F2N2O3/c1-21-12-3-2-9(4-13(12)22-15(16)17)14(20)19-7-10-5-18-6-11(10)8-19/h2-4,10-11,15,18H,5-8H2,1H3/t10-,11+. The summed E-state index contributed by atoms with van der Waals surface area (Å²) in [5.41, 5.74) is 0.337. The molecular weight excluding hydrogens is 294 g/mol. The maximum atomic E-state index is 12.5. The normalized spacial score (nSPS) is 23.7. The van der Waals surface area contributed by atoms with E-state index in [0.717, 1.165) is 13.1 Å². The summed E-state index contributed by atoms with van der Waals surface area (Å²) in [7, 11) is 1.36. The zero-order valence-electron chi connectivity index (χ0n) is 12.2. The van der Waals surface area contributed by atoms with E-state index >= 15 is 0 Å². The molecule has 2 aliphatic rings. The van der Waals surface area contributed by atoms with E-state index in [-0.39, 0.29) is 17.4 Å². The number of benzene rings is 1. The van der Waals surface area contributed by atoms with E-state index in [1.807, 2.05) is 0 Å². The van der Waals surface area contributed by atoms with Gasteiger partial charge in [0, 0.05) is 31.7 Å². The van der Waals surface area contributed by atoms with Crippen molar-refractivity contribution in [3.63, 3.8) is 0 Å². The molecule has 2 atom stereocenters. The number of methoxy groups -OCH3 is 1. The second-order valence-electron chi connectivity index (χ2n) is 5.63. The highest BCUT2D eigenvalue weighted by atomic mass is 19.3. The summed E-state index contributed by atoms with van der Waals surface area (Å²) in [4.78, 5) is 14.3. The van der Waals surface area contributed by atoms with Crippen LogP contribution < -0.4 is 14.8 Å². The number of ether oxygens (including phenoxy) is 2. The molecule has 0 saturated carbocycles. The quantitative estimate of drug-likeness (QED) is 0.917. The van der Waals surface area contributed by atoms with Crippen molar-refractivity contribution in [3.8, 4) is 11.5 Å². The molecule has 3 rings (SSSR count). The van der Waals surface area contributed by atoms with Crippen LogP contribution in [0.25, 0.3) is 0 Å². The van der Waals surface area contributed by atoms with Crippen molar-refractivity contribution >= 4 is 5.91 Å². The molecule has 0 unspecified atom stereocenters. The van der Waals surface area contributed by atoms with Gasteiger partial charge in [-0.25, -0.2) is 0 Å². The molecule has 1 aromatic rings. The van der Waals surface area contributed by atoms with Gasteiger partial charge in [-0.3, -0.25) is 4.79 Å². The zero-order chi connectivity index (χ0) is 15.7. The Bertz CT molecular complexity index is 556. The van der Waals surface area contributed by atoms with Gasteiger partial charge in [0.15, 0.2) is 11.5 Å². The molecule has 2 heterocycles. The van der Waals surface area contributed by atoms with E-state index in [0.29, 0.717) is 30.5 Å². The van der Waals surface area contributed by atoms with E-state index in [2.05, 4.69) is 10.1 Å². The molecule has 22 heavy (non-hydrogen) atoms. The highest BCUT2D eigenvalue weighted by Gasteiger charge is 2.38. The topological polar surface area (TPSA) is 50.8 Å². The SMILES string of the molecule is COc1ccc(C(=O)N2C[C@H]3CNC[C@H]3C2)cc1OC(F)F. The van der Waals surface area contributed by atoms with Crippen LogP contribution in [0.1, 0.15) is 10.4 Å². The Morgan fingerprint density at radius 3 is 2.55 bits per heavy atom. The minimum Gasteiger partial charge on any atom is -0.493 e. The Kier molecular flexibility index (Phi) is 4.15. The molecule has 0 spiro atoms. The summed E-state index contributed by atoms with van der Waals surface area (Å²) in [5.74, 6) is 0.873. The number of carbonyl (C=O) groups is 1. The lowest BCUT2D eigenvalue weighted by atomic mass is 10.0. The molecular formula is C15H18F2N2O3. The van der Waals surface area contributed by atoms with Crippen LogP contribution in [-0.4, -0.2) is 50.7 Å². The molecule has 1 N–H and O–H groups in total. The molecule has 0 aromatic heterocycles. The molecule has 1 amide bonds.